The van der Waals surface area contributed by atoms with E-state index in [0.717, 1.165) is 0 Å². The molecule has 0 spiro atoms. The van der Waals surface area contributed by atoms with E-state index < -0.39 is 28.1 Å². The minimum Gasteiger partial charge on any atom is -0.743 e. The van der Waals surface area contributed by atoms with E-state index in [1.54, 1.807) is 18.5 Å². The summed E-state index contributed by atoms with van der Waals surface area (Å²) in [5.41, 5.74) is 0. The zero-order valence-electron chi connectivity index (χ0n) is 20.0. The lowest BCUT2D eigenvalue weighted by atomic mass is 10.2. The van der Waals surface area contributed by atoms with Crippen LogP contribution in [0, 0.1) is 0 Å². The lowest BCUT2D eigenvalue weighted by molar-refractivity contribution is -0.378. The molecule has 0 N–H and O–H groups in total. The molecule has 0 heterocycles. The summed E-state index contributed by atoms with van der Waals surface area (Å²) in [5, 5.41) is -5.79. The third-order valence-corrected chi connectivity index (χ3v) is 9.02. The molecule has 0 aliphatic carbocycles. The van der Waals surface area contributed by atoms with E-state index >= 15 is 0 Å². The SMILES string of the molecule is CCCCCC[PH+](CCCCCC)CCCCCC.O=S(=O)([O-])C(F)(F)C(F)OC(F)(F)F. The highest BCUT2D eigenvalue weighted by molar-refractivity contribution is 7.86. The zero-order chi connectivity index (χ0) is 26.0. The number of halogens is 6. The lowest BCUT2D eigenvalue weighted by Crippen LogP contribution is -2.42. The Bertz CT molecular complexity index is 533. The van der Waals surface area contributed by atoms with Crippen molar-refractivity contribution in [1.29, 1.82) is 0 Å². The van der Waals surface area contributed by atoms with Gasteiger partial charge in [0.25, 0.3) is 6.36 Å². The van der Waals surface area contributed by atoms with Crippen molar-refractivity contribution in [3.05, 3.63) is 0 Å². The van der Waals surface area contributed by atoms with Gasteiger partial charge in [0.2, 0.25) is 0 Å². The van der Waals surface area contributed by atoms with Crippen LogP contribution in [0.1, 0.15) is 97.8 Å². The van der Waals surface area contributed by atoms with Crippen molar-refractivity contribution in [2.75, 3.05) is 18.5 Å². The molecule has 1 atom stereocenters. The van der Waals surface area contributed by atoms with E-state index in [-0.39, 0.29) is 7.92 Å². The van der Waals surface area contributed by atoms with Gasteiger partial charge in [0.1, 0.15) is 0 Å². The van der Waals surface area contributed by atoms with Gasteiger partial charge in [-0.2, -0.15) is 8.78 Å². The van der Waals surface area contributed by atoms with Crippen LogP contribution in [-0.2, 0) is 14.9 Å². The van der Waals surface area contributed by atoms with Crippen LogP contribution in [0.25, 0.3) is 0 Å². The second kappa shape index (κ2) is 19.1. The maximum atomic E-state index is 12.0. The maximum absolute atomic E-state index is 12.0. The molecule has 0 rings (SSSR count). The molecule has 0 bridgehead atoms. The topological polar surface area (TPSA) is 66.4 Å². The van der Waals surface area contributed by atoms with Crippen LogP contribution in [0.2, 0.25) is 0 Å². The Labute approximate surface area is 196 Å². The van der Waals surface area contributed by atoms with Crippen LogP contribution in [0.4, 0.5) is 26.3 Å². The van der Waals surface area contributed by atoms with Gasteiger partial charge in [0.05, 0.1) is 18.5 Å². The summed E-state index contributed by atoms with van der Waals surface area (Å²) >= 11 is 0. The van der Waals surface area contributed by atoms with Crippen LogP contribution in [0.5, 0.6) is 0 Å². The lowest BCUT2D eigenvalue weighted by Gasteiger charge is -2.23. The molecule has 1 unspecified atom stereocenters. The van der Waals surface area contributed by atoms with Crippen molar-refractivity contribution >= 4 is 18.0 Å². The summed E-state index contributed by atoms with van der Waals surface area (Å²) in [7, 11) is -6.54. The van der Waals surface area contributed by atoms with Crippen LogP contribution in [0.3, 0.4) is 0 Å². The molecule has 202 valence electrons. The fraction of sp³-hybridized carbons (Fsp3) is 1.00. The molecule has 12 heteroatoms. The predicted octanol–water partition coefficient (Wildman–Crippen LogP) is 7.90. The Morgan fingerprint density at radius 1 is 0.727 bits per heavy atom. The molecule has 0 fully saturated rings. The van der Waals surface area contributed by atoms with Crippen molar-refractivity contribution in [2.24, 2.45) is 0 Å². The first kappa shape index (κ1) is 35.0. The van der Waals surface area contributed by atoms with E-state index in [2.05, 4.69) is 20.8 Å². The van der Waals surface area contributed by atoms with Gasteiger partial charge in [-0.1, -0.05) is 59.3 Å². The van der Waals surface area contributed by atoms with E-state index in [1.165, 1.54) is 77.0 Å². The Morgan fingerprint density at radius 3 is 1.30 bits per heavy atom. The molecule has 0 aliphatic heterocycles. The van der Waals surface area contributed by atoms with Crippen molar-refractivity contribution < 1.29 is 44.0 Å². The normalized spacial score (nSPS) is 13.7. The summed E-state index contributed by atoms with van der Waals surface area (Å²) in [6.07, 6.45) is 12.0. The first-order valence-corrected chi connectivity index (χ1v) is 15.3. The third-order valence-electron chi connectivity index (χ3n) is 4.99. The number of hydrogen-bond acceptors (Lipinski definition) is 4. The van der Waals surface area contributed by atoms with Gasteiger partial charge in [-0.05, 0) is 38.5 Å². The molecule has 0 amide bonds. The van der Waals surface area contributed by atoms with Gasteiger partial charge in [0, 0.05) is 7.92 Å². The van der Waals surface area contributed by atoms with Crippen molar-refractivity contribution in [3.63, 3.8) is 0 Å². The zero-order valence-corrected chi connectivity index (χ0v) is 21.8. The largest absolute Gasteiger partial charge is 0.743 e. The standard InChI is InChI=1S/C18H39P.C3H2F6O4S/c1-4-7-10-13-16-19(17-14-11-8-5-2)18-15-12-9-6-3;4-1(13-3(7,8)9)2(5,6)14(10,11)12/h4-18H2,1-3H3;1H,(H,10,11,12). The Hall–Kier alpha value is -0.120. The van der Waals surface area contributed by atoms with Gasteiger partial charge < -0.3 is 4.55 Å². The third kappa shape index (κ3) is 19.8. The predicted molar refractivity (Wildman–Crippen MR) is 122 cm³/mol. The first-order valence-electron chi connectivity index (χ1n) is 11.8. The summed E-state index contributed by atoms with van der Waals surface area (Å²) in [6.45, 7) is 6.96. The van der Waals surface area contributed by atoms with Crippen LogP contribution in [0.15, 0.2) is 0 Å². The molecule has 0 radical (unpaired) electrons. The van der Waals surface area contributed by atoms with Gasteiger partial charge in [-0.25, -0.2) is 17.5 Å². The maximum Gasteiger partial charge on any atom is 0.525 e. The quantitative estimate of drug-likeness (QED) is 0.0776. The second-order valence-corrected chi connectivity index (χ2v) is 12.5. The molecule has 0 saturated heterocycles. The van der Waals surface area contributed by atoms with Gasteiger partial charge >= 0.3 is 11.6 Å². The average Bonchev–Trinajstić information content (AvgIpc) is 2.69. The fourth-order valence-corrected chi connectivity index (χ4v) is 6.35. The van der Waals surface area contributed by atoms with Crippen molar-refractivity contribution in [3.8, 4) is 0 Å². The summed E-state index contributed by atoms with van der Waals surface area (Å²) in [5.74, 6) is 0. The molecular weight excluding hydrogens is 493 g/mol. The molecule has 4 nitrogen and oxygen atoms in total. The summed E-state index contributed by atoms with van der Waals surface area (Å²) in [6, 6.07) is 0. The second-order valence-electron chi connectivity index (χ2n) is 8.08. The van der Waals surface area contributed by atoms with Crippen LogP contribution < -0.4 is 0 Å². The molecule has 33 heavy (non-hydrogen) atoms. The number of ether oxygens (including phenoxy) is 1. The Kier molecular flexibility index (Phi) is 20.3. The van der Waals surface area contributed by atoms with Gasteiger partial charge in [0.15, 0.2) is 10.1 Å². The summed E-state index contributed by atoms with van der Waals surface area (Å²) < 4.78 is 100. The van der Waals surface area contributed by atoms with E-state index in [4.69, 9.17) is 0 Å². The Balaban J connectivity index is 0. The molecule has 0 aromatic heterocycles. The number of hydrogen-bond donors (Lipinski definition) is 0. The Morgan fingerprint density at radius 2 is 1.06 bits per heavy atom. The molecule has 0 aromatic rings. The number of alkyl halides is 6. The van der Waals surface area contributed by atoms with E-state index in [0.29, 0.717) is 0 Å². The van der Waals surface area contributed by atoms with E-state index in [1.807, 2.05) is 4.74 Å². The minimum atomic E-state index is -6.56. The number of rotatable bonds is 18. The van der Waals surface area contributed by atoms with Crippen molar-refractivity contribution in [2.45, 2.75) is 116 Å². The fourth-order valence-electron chi connectivity index (χ4n) is 3.08. The monoisotopic (exact) mass is 534 g/mol. The van der Waals surface area contributed by atoms with Crippen molar-refractivity contribution in [1.82, 2.24) is 0 Å². The molecule has 0 saturated carbocycles. The van der Waals surface area contributed by atoms with E-state index in [9.17, 15) is 39.3 Å². The molecule has 0 aromatic carbocycles. The van der Waals surface area contributed by atoms with Crippen LogP contribution >= 0.6 is 7.92 Å². The highest BCUT2D eigenvalue weighted by Crippen LogP contribution is 2.39. The minimum absolute atomic E-state index is 0.0139. The molecular formula is C21H41F6O4PS. The average molecular weight is 535 g/mol. The van der Waals surface area contributed by atoms with Gasteiger partial charge in [-0.3, -0.25) is 0 Å². The summed E-state index contributed by atoms with van der Waals surface area (Å²) in [4.78, 5) is 0. The highest BCUT2D eigenvalue weighted by Gasteiger charge is 2.53. The smallest absolute Gasteiger partial charge is 0.525 e. The highest BCUT2D eigenvalue weighted by atomic mass is 32.2. The number of unbranched alkanes of at least 4 members (excludes halogenated alkanes) is 9. The van der Waals surface area contributed by atoms with Crippen LogP contribution in [-0.4, -0.2) is 49.4 Å². The first-order chi connectivity index (χ1) is 15.2. The van der Waals surface area contributed by atoms with Gasteiger partial charge in [-0.15, -0.1) is 13.2 Å². The molecule has 0 aliphatic rings.